The molecule has 1 aliphatic rings. The highest BCUT2D eigenvalue weighted by molar-refractivity contribution is 5.94. The van der Waals surface area contributed by atoms with Crippen LogP contribution in [0.5, 0.6) is 0 Å². The van der Waals surface area contributed by atoms with Gasteiger partial charge in [0, 0.05) is 30.8 Å². The number of ether oxygens (including phenoxy) is 2. The summed E-state index contributed by atoms with van der Waals surface area (Å²) in [6.07, 6.45) is 1.36. The average Bonchev–Trinajstić information content (AvgIpc) is 3.01. The number of pyridine rings is 1. The maximum atomic E-state index is 5.96. The molecule has 1 saturated heterocycles. The molecular weight excluding hydrogens is 288 g/mol. The zero-order valence-corrected chi connectivity index (χ0v) is 14.3. The Morgan fingerprint density at radius 1 is 1.22 bits per heavy atom. The van der Waals surface area contributed by atoms with E-state index in [1.165, 1.54) is 16.6 Å². The molecule has 4 nitrogen and oxygen atoms in total. The van der Waals surface area contributed by atoms with Crippen LogP contribution in [0.15, 0.2) is 24.3 Å². The molecule has 3 rings (SSSR count). The molecule has 0 bridgehead atoms. The molecule has 0 N–H and O–H groups in total. The maximum absolute atomic E-state index is 5.96. The Kier molecular flexibility index (Phi) is 5.13. The molecule has 0 unspecified atom stereocenters. The Hall–Kier alpha value is -1.65. The van der Waals surface area contributed by atoms with Crippen molar-refractivity contribution < 1.29 is 9.47 Å². The molecule has 23 heavy (non-hydrogen) atoms. The molecule has 2 heterocycles. The van der Waals surface area contributed by atoms with Crippen molar-refractivity contribution in [3.8, 4) is 0 Å². The van der Waals surface area contributed by atoms with E-state index in [2.05, 4.69) is 43.0 Å². The minimum atomic E-state index is 0.294. The predicted octanol–water partition coefficient (Wildman–Crippen LogP) is 3.48. The van der Waals surface area contributed by atoms with Crippen LogP contribution in [0.1, 0.15) is 24.6 Å². The van der Waals surface area contributed by atoms with Crippen molar-refractivity contribution in [1.82, 2.24) is 4.98 Å². The van der Waals surface area contributed by atoms with Gasteiger partial charge >= 0.3 is 0 Å². The molecule has 0 aliphatic carbocycles. The van der Waals surface area contributed by atoms with Gasteiger partial charge in [-0.3, -0.25) is 4.98 Å². The van der Waals surface area contributed by atoms with Crippen LogP contribution in [-0.4, -0.2) is 44.0 Å². The summed E-state index contributed by atoms with van der Waals surface area (Å²) in [6, 6.07) is 8.41. The Morgan fingerprint density at radius 2 is 2.04 bits per heavy atom. The van der Waals surface area contributed by atoms with Crippen LogP contribution >= 0.6 is 0 Å². The zero-order chi connectivity index (χ0) is 16.2. The summed E-state index contributed by atoms with van der Waals surface area (Å²) in [5.74, 6) is 0. The first kappa shape index (κ1) is 16.2. The lowest BCUT2D eigenvalue weighted by Crippen LogP contribution is -2.25. The summed E-state index contributed by atoms with van der Waals surface area (Å²) in [5, 5.41) is 1.24. The molecule has 1 aromatic carbocycles. The second-order valence-electron chi connectivity index (χ2n) is 6.11. The average molecular weight is 314 g/mol. The highest BCUT2D eigenvalue weighted by Gasteiger charge is 2.26. The fourth-order valence-corrected chi connectivity index (χ4v) is 3.30. The predicted molar refractivity (Wildman–Crippen MR) is 94.3 cm³/mol. The van der Waals surface area contributed by atoms with Crippen LogP contribution in [-0.2, 0) is 9.47 Å². The molecule has 4 heteroatoms. The van der Waals surface area contributed by atoms with E-state index >= 15 is 0 Å². The van der Waals surface area contributed by atoms with Crippen molar-refractivity contribution >= 4 is 16.6 Å². The van der Waals surface area contributed by atoms with E-state index < -0.39 is 0 Å². The Labute approximate surface area is 138 Å². The summed E-state index contributed by atoms with van der Waals surface area (Å²) in [6.45, 7) is 10.4. The minimum Gasteiger partial charge on any atom is -0.379 e. The molecule has 1 fully saturated rings. The fraction of sp³-hybridized carbons (Fsp3) is 0.526. The number of aryl methyl sites for hydroxylation is 1. The zero-order valence-electron chi connectivity index (χ0n) is 14.3. The summed E-state index contributed by atoms with van der Waals surface area (Å²) in [4.78, 5) is 7.18. The van der Waals surface area contributed by atoms with Gasteiger partial charge in [-0.15, -0.1) is 0 Å². The molecule has 1 aromatic heterocycles. The van der Waals surface area contributed by atoms with Gasteiger partial charge in [-0.2, -0.15) is 0 Å². The van der Waals surface area contributed by atoms with Crippen LogP contribution in [0.4, 0.5) is 5.69 Å². The van der Waals surface area contributed by atoms with E-state index in [-0.39, 0.29) is 0 Å². The first-order chi connectivity index (χ1) is 11.2. The quantitative estimate of drug-likeness (QED) is 0.765. The summed E-state index contributed by atoms with van der Waals surface area (Å²) in [5.41, 5.74) is 4.79. The van der Waals surface area contributed by atoms with E-state index in [0.717, 1.165) is 37.3 Å². The van der Waals surface area contributed by atoms with Crippen molar-refractivity contribution in [3.05, 3.63) is 35.5 Å². The molecule has 124 valence electrons. The highest BCUT2D eigenvalue weighted by atomic mass is 16.5. The first-order valence-electron chi connectivity index (χ1n) is 8.51. The van der Waals surface area contributed by atoms with E-state index in [0.29, 0.717) is 19.3 Å². The Balaban J connectivity index is 1.77. The van der Waals surface area contributed by atoms with Crippen LogP contribution in [0, 0.1) is 13.8 Å². The number of para-hydroxylation sites is 1. The van der Waals surface area contributed by atoms with E-state index in [4.69, 9.17) is 14.5 Å². The van der Waals surface area contributed by atoms with E-state index in [1.807, 2.05) is 6.92 Å². The number of hydrogen-bond acceptors (Lipinski definition) is 4. The number of benzene rings is 1. The van der Waals surface area contributed by atoms with Crippen LogP contribution in [0.3, 0.4) is 0 Å². The molecule has 1 atom stereocenters. The molecule has 2 aromatic rings. The number of hydrogen-bond donors (Lipinski definition) is 0. The van der Waals surface area contributed by atoms with Crippen molar-refractivity contribution in [3.63, 3.8) is 0 Å². The molecule has 0 amide bonds. The van der Waals surface area contributed by atoms with E-state index in [1.54, 1.807) is 0 Å². The van der Waals surface area contributed by atoms with Gasteiger partial charge < -0.3 is 14.4 Å². The van der Waals surface area contributed by atoms with Crippen molar-refractivity contribution in [2.24, 2.45) is 0 Å². The highest BCUT2D eigenvalue weighted by Crippen LogP contribution is 2.33. The maximum Gasteiger partial charge on any atom is 0.0767 e. The van der Waals surface area contributed by atoms with Crippen LogP contribution in [0.2, 0.25) is 0 Å². The summed E-state index contributed by atoms with van der Waals surface area (Å²) < 4.78 is 11.3. The monoisotopic (exact) mass is 314 g/mol. The van der Waals surface area contributed by atoms with Crippen molar-refractivity contribution in [2.75, 3.05) is 37.8 Å². The first-order valence-corrected chi connectivity index (χ1v) is 8.51. The third-order valence-corrected chi connectivity index (χ3v) is 4.59. The number of aromatic nitrogens is 1. The van der Waals surface area contributed by atoms with E-state index in [9.17, 15) is 0 Å². The topological polar surface area (TPSA) is 34.6 Å². The van der Waals surface area contributed by atoms with Gasteiger partial charge in [-0.1, -0.05) is 18.2 Å². The second kappa shape index (κ2) is 7.28. The number of anilines is 1. The number of fused-ring (bicyclic) bond motifs is 1. The molecule has 0 spiro atoms. The lowest BCUT2D eigenvalue weighted by atomic mass is 10.1. The van der Waals surface area contributed by atoms with Crippen molar-refractivity contribution in [1.29, 1.82) is 0 Å². The van der Waals surface area contributed by atoms with Gasteiger partial charge in [0.1, 0.15) is 0 Å². The van der Waals surface area contributed by atoms with Gasteiger partial charge in [-0.05, 0) is 38.8 Å². The van der Waals surface area contributed by atoms with Crippen LogP contribution < -0.4 is 4.90 Å². The summed E-state index contributed by atoms with van der Waals surface area (Å²) >= 11 is 0. The van der Waals surface area contributed by atoms with Gasteiger partial charge in [0.25, 0.3) is 0 Å². The van der Waals surface area contributed by atoms with Gasteiger partial charge in [-0.25, -0.2) is 0 Å². The third-order valence-electron chi connectivity index (χ3n) is 4.59. The molecular formula is C19H26N2O2. The number of nitrogens with zero attached hydrogens (tertiary/aromatic N) is 2. The minimum absolute atomic E-state index is 0.294. The van der Waals surface area contributed by atoms with Gasteiger partial charge in [0.05, 0.1) is 30.5 Å². The van der Waals surface area contributed by atoms with Gasteiger partial charge in [0.15, 0.2) is 0 Å². The van der Waals surface area contributed by atoms with Gasteiger partial charge in [0.2, 0.25) is 0 Å². The normalized spacial score (nSPS) is 18.0. The third kappa shape index (κ3) is 3.48. The standard InChI is InChI=1S/C19H26N2O2/c1-4-22-11-12-23-16-9-10-21(13-16)19-14(2)15(3)20-18-8-6-5-7-17(18)19/h5-8,16H,4,9-13H2,1-3H3/t16-/m0/s1. The summed E-state index contributed by atoms with van der Waals surface area (Å²) in [7, 11) is 0. The lowest BCUT2D eigenvalue weighted by molar-refractivity contribution is 0.0169. The Morgan fingerprint density at radius 3 is 2.87 bits per heavy atom. The number of rotatable bonds is 6. The Bertz CT molecular complexity index is 672. The SMILES string of the molecule is CCOCCO[C@H]1CCN(c2c(C)c(C)nc3ccccc23)C1. The lowest BCUT2D eigenvalue weighted by Gasteiger charge is -2.24. The molecule has 0 saturated carbocycles. The molecule has 1 aliphatic heterocycles. The fourth-order valence-electron chi connectivity index (χ4n) is 3.30. The largest absolute Gasteiger partial charge is 0.379 e. The second-order valence-corrected chi connectivity index (χ2v) is 6.11. The molecule has 0 radical (unpaired) electrons. The van der Waals surface area contributed by atoms with Crippen LogP contribution in [0.25, 0.3) is 10.9 Å². The smallest absolute Gasteiger partial charge is 0.0767 e. The van der Waals surface area contributed by atoms with Crippen molar-refractivity contribution in [2.45, 2.75) is 33.3 Å².